The molecule has 0 saturated heterocycles. The van der Waals surface area contributed by atoms with Crippen molar-refractivity contribution < 1.29 is 22.7 Å². The molecule has 1 atom stereocenters. The van der Waals surface area contributed by atoms with Crippen molar-refractivity contribution >= 4 is 5.78 Å². The molecule has 0 aromatic rings. The maximum absolute atomic E-state index is 11.6. The van der Waals surface area contributed by atoms with Crippen LogP contribution in [0.25, 0.3) is 0 Å². The number of ether oxygens (including phenoxy) is 1. The maximum Gasteiger partial charge on any atom is 0.411 e. The van der Waals surface area contributed by atoms with Crippen LogP contribution in [0.3, 0.4) is 0 Å². The zero-order chi connectivity index (χ0) is 11.9. The highest BCUT2D eigenvalue weighted by atomic mass is 19.4. The van der Waals surface area contributed by atoms with Gasteiger partial charge in [0.05, 0.1) is 0 Å². The van der Waals surface area contributed by atoms with Crippen LogP contribution in [0.4, 0.5) is 13.2 Å². The van der Waals surface area contributed by atoms with E-state index in [0.717, 1.165) is 0 Å². The third kappa shape index (κ3) is 8.42. The third-order valence-corrected chi connectivity index (χ3v) is 2.09. The Kier molecular flexibility index (Phi) is 6.56. The first-order valence-corrected chi connectivity index (χ1v) is 5.04. The molecule has 5 heteroatoms. The van der Waals surface area contributed by atoms with Crippen LogP contribution < -0.4 is 0 Å². The molecule has 0 radical (unpaired) electrons. The Balaban J connectivity index is 3.43. The van der Waals surface area contributed by atoms with Gasteiger partial charge in [-0.15, -0.1) is 0 Å². The summed E-state index contributed by atoms with van der Waals surface area (Å²) in [7, 11) is 0. The van der Waals surface area contributed by atoms with Gasteiger partial charge in [0.2, 0.25) is 0 Å². The van der Waals surface area contributed by atoms with Crippen LogP contribution in [0.2, 0.25) is 0 Å². The van der Waals surface area contributed by atoms with Crippen molar-refractivity contribution in [1.82, 2.24) is 0 Å². The van der Waals surface area contributed by atoms with Gasteiger partial charge in [0.1, 0.15) is 12.4 Å². The molecule has 0 aromatic heterocycles. The number of hydrogen-bond acceptors (Lipinski definition) is 2. The van der Waals surface area contributed by atoms with E-state index in [1.165, 1.54) is 0 Å². The predicted molar refractivity (Wildman–Crippen MR) is 50.6 cm³/mol. The lowest BCUT2D eigenvalue weighted by molar-refractivity contribution is -0.174. The van der Waals surface area contributed by atoms with Crippen LogP contribution in [0.15, 0.2) is 0 Å². The molecule has 90 valence electrons. The van der Waals surface area contributed by atoms with Gasteiger partial charge in [0.25, 0.3) is 0 Å². The van der Waals surface area contributed by atoms with Gasteiger partial charge in [-0.1, -0.05) is 13.8 Å². The fourth-order valence-corrected chi connectivity index (χ4v) is 1.19. The molecular weight excluding hydrogens is 209 g/mol. The van der Waals surface area contributed by atoms with Crippen LogP contribution in [0, 0.1) is 5.92 Å². The lowest BCUT2D eigenvalue weighted by Crippen LogP contribution is -2.18. The Bertz CT molecular complexity index is 190. The molecule has 2 nitrogen and oxygen atoms in total. The predicted octanol–water partition coefficient (Wildman–Crippen LogP) is 2.96. The fraction of sp³-hybridized carbons (Fsp3) is 0.900. The van der Waals surface area contributed by atoms with E-state index in [1.807, 2.05) is 0 Å². The van der Waals surface area contributed by atoms with Gasteiger partial charge < -0.3 is 4.74 Å². The Morgan fingerprint density at radius 3 is 2.47 bits per heavy atom. The first-order valence-electron chi connectivity index (χ1n) is 5.04. The average Bonchev–Trinajstić information content (AvgIpc) is 2.14. The Morgan fingerprint density at radius 2 is 2.00 bits per heavy atom. The zero-order valence-electron chi connectivity index (χ0n) is 9.06. The summed E-state index contributed by atoms with van der Waals surface area (Å²) < 4.78 is 39.4. The van der Waals surface area contributed by atoms with Crippen molar-refractivity contribution in [3.8, 4) is 0 Å². The van der Waals surface area contributed by atoms with Gasteiger partial charge in [-0.2, -0.15) is 13.2 Å². The number of alkyl halides is 3. The number of hydrogen-bond donors (Lipinski definition) is 0. The maximum atomic E-state index is 11.6. The average molecular weight is 226 g/mol. The van der Waals surface area contributed by atoms with Crippen molar-refractivity contribution in [3.63, 3.8) is 0 Å². The minimum atomic E-state index is -4.26. The summed E-state index contributed by atoms with van der Waals surface area (Å²) in [6.07, 6.45) is -2.71. The number of ketones is 1. The smallest absolute Gasteiger partial charge is 0.372 e. The van der Waals surface area contributed by atoms with Gasteiger partial charge in [-0.05, 0) is 12.8 Å². The fourth-order valence-electron chi connectivity index (χ4n) is 1.19. The van der Waals surface area contributed by atoms with Gasteiger partial charge >= 0.3 is 6.18 Å². The second-order valence-corrected chi connectivity index (χ2v) is 3.53. The number of rotatable bonds is 7. The summed E-state index contributed by atoms with van der Waals surface area (Å²) >= 11 is 0. The molecule has 0 spiro atoms. The lowest BCUT2D eigenvalue weighted by atomic mass is 9.99. The summed E-state index contributed by atoms with van der Waals surface area (Å²) in [5.41, 5.74) is 0. The zero-order valence-corrected chi connectivity index (χ0v) is 9.06. The normalized spacial score (nSPS) is 13.9. The minimum absolute atomic E-state index is 0.0564. The molecule has 0 fully saturated rings. The van der Waals surface area contributed by atoms with Crippen LogP contribution in [-0.4, -0.2) is 25.2 Å². The Morgan fingerprint density at radius 1 is 1.40 bits per heavy atom. The van der Waals surface area contributed by atoms with E-state index >= 15 is 0 Å². The molecule has 0 rings (SSSR count). The molecule has 0 amide bonds. The summed E-state index contributed by atoms with van der Waals surface area (Å²) in [6.45, 7) is 2.42. The van der Waals surface area contributed by atoms with E-state index in [9.17, 15) is 18.0 Å². The molecular formula is C10H17F3O2. The molecule has 1 unspecified atom stereocenters. The summed E-state index contributed by atoms with van der Waals surface area (Å²) in [5.74, 6) is 0.0651. The minimum Gasteiger partial charge on any atom is -0.372 e. The standard InChI is InChI=1S/C10H17F3O2/c1-3-9(14)8(2)5-4-6-15-7-10(11,12)13/h8H,3-7H2,1-2H3. The van der Waals surface area contributed by atoms with Gasteiger partial charge in [0.15, 0.2) is 0 Å². The van der Waals surface area contributed by atoms with Crippen LogP contribution in [-0.2, 0) is 9.53 Å². The monoisotopic (exact) mass is 226 g/mol. The molecule has 0 heterocycles. The highest BCUT2D eigenvalue weighted by molar-refractivity contribution is 5.80. The second kappa shape index (κ2) is 6.82. The van der Waals surface area contributed by atoms with E-state index in [4.69, 9.17) is 0 Å². The first-order chi connectivity index (χ1) is 6.87. The highest BCUT2D eigenvalue weighted by Gasteiger charge is 2.27. The molecule has 0 aromatic carbocycles. The third-order valence-electron chi connectivity index (χ3n) is 2.09. The lowest BCUT2D eigenvalue weighted by Gasteiger charge is -2.10. The highest BCUT2D eigenvalue weighted by Crippen LogP contribution is 2.15. The van der Waals surface area contributed by atoms with Crippen LogP contribution >= 0.6 is 0 Å². The van der Waals surface area contributed by atoms with Crippen molar-refractivity contribution in [2.24, 2.45) is 5.92 Å². The van der Waals surface area contributed by atoms with Gasteiger partial charge in [-0.3, -0.25) is 4.79 Å². The van der Waals surface area contributed by atoms with Gasteiger partial charge in [-0.25, -0.2) is 0 Å². The molecule has 0 aliphatic carbocycles. The van der Waals surface area contributed by atoms with Crippen molar-refractivity contribution in [2.45, 2.75) is 39.3 Å². The van der Waals surface area contributed by atoms with E-state index < -0.39 is 12.8 Å². The number of halogens is 3. The van der Waals surface area contributed by atoms with Crippen molar-refractivity contribution in [2.75, 3.05) is 13.2 Å². The summed E-state index contributed by atoms with van der Waals surface area (Å²) in [4.78, 5) is 11.1. The molecule has 15 heavy (non-hydrogen) atoms. The van der Waals surface area contributed by atoms with E-state index in [0.29, 0.717) is 19.3 Å². The van der Waals surface area contributed by atoms with Crippen LogP contribution in [0.1, 0.15) is 33.1 Å². The van der Waals surface area contributed by atoms with Crippen molar-refractivity contribution in [3.05, 3.63) is 0 Å². The van der Waals surface area contributed by atoms with E-state index in [1.54, 1.807) is 13.8 Å². The Labute approximate surface area is 87.8 Å². The Hall–Kier alpha value is -0.580. The SMILES string of the molecule is CCC(=O)C(C)CCCOCC(F)(F)F. The summed E-state index contributed by atoms with van der Waals surface area (Å²) in [6, 6.07) is 0. The molecule has 0 bridgehead atoms. The van der Waals surface area contributed by atoms with Gasteiger partial charge in [0, 0.05) is 18.9 Å². The molecule has 0 aliphatic rings. The number of carbonyl (C=O) groups is 1. The number of carbonyl (C=O) groups excluding carboxylic acids is 1. The molecule has 0 N–H and O–H groups in total. The first kappa shape index (κ1) is 14.4. The summed E-state index contributed by atoms with van der Waals surface area (Å²) in [5, 5.41) is 0. The quantitative estimate of drug-likeness (QED) is 0.624. The number of Topliss-reactive ketones (excluding diaryl/α,β-unsaturated/α-hetero) is 1. The van der Waals surface area contributed by atoms with Crippen molar-refractivity contribution in [1.29, 1.82) is 0 Å². The second-order valence-electron chi connectivity index (χ2n) is 3.53. The van der Waals surface area contributed by atoms with E-state index in [-0.39, 0.29) is 18.3 Å². The topological polar surface area (TPSA) is 26.3 Å². The largest absolute Gasteiger partial charge is 0.411 e. The molecule has 0 saturated carbocycles. The van der Waals surface area contributed by atoms with E-state index in [2.05, 4.69) is 4.74 Å². The molecule has 0 aliphatic heterocycles. The van der Waals surface area contributed by atoms with Crippen LogP contribution in [0.5, 0.6) is 0 Å².